The number of nitrogens with zero attached hydrogens (tertiary/aromatic N) is 2. The molecular formula is C22H30N4O3. The topological polar surface area (TPSA) is 71.3 Å². The number of aryl methyl sites for hydroxylation is 1. The molecule has 1 fully saturated rings. The van der Waals surface area contributed by atoms with E-state index in [-0.39, 0.29) is 12.8 Å². The van der Waals surface area contributed by atoms with Gasteiger partial charge in [-0.2, -0.15) is 0 Å². The molecule has 1 aromatic carbocycles. The molecule has 4 rings (SSSR count). The second kappa shape index (κ2) is 9.22. The van der Waals surface area contributed by atoms with Crippen LogP contribution in [0.4, 0.5) is 0 Å². The fourth-order valence-corrected chi connectivity index (χ4v) is 3.84. The minimum Gasteiger partial charge on any atom is -0.465 e. The van der Waals surface area contributed by atoms with Gasteiger partial charge in [-0.3, -0.25) is 4.90 Å². The molecule has 0 bridgehead atoms. The Morgan fingerprint density at radius 1 is 1.10 bits per heavy atom. The van der Waals surface area contributed by atoms with E-state index >= 15 is 0 Å². The molecule has 7 heteroatoms. The minimum absolute atomic E-state index is 0.209. The highest BCUT2D eigenvalue weighted by molar-refractivity contribution is 5.79. The van der Waals surface area contributed by atoms with Gasteiger partial charge < -0.3 is 24.5 Å². The van der Waals surface area contributed by atoms with Crippen molar-refractivity contribution in [2.75, 3.05) is 33.0 Å². The summed E-state index contributed by atoms with van der Waals surface area (Å²) < 4.78 is 16.8. The monoisotopic (exact) mass is 398 g/mol. The summed E-state index contributed by atoms with van der Waals surface area (Å²) in [6, 6.07) is 10.3. The van der Waals surface area contributed by atoms with Crippen LogP contribution < -0.4 is 20.1 Å². The molecule has 3 heterocycles. The summed E-state index contributed by atoms with van der Waals surface area (Å²) in [5.41, 5.74) is 1.09. The zero-order chi connectivity index (χ0) is 20.1. The quantitative estimate of drug-likeness (QED) is 0.551. The third-order valence-electron chi connectivity index (χ3n) is 5.33. The molecule has 0 saturated carbocycles. The highest BCUT2D eigenvalue weighted by atomic mass is 16.7. The molecule has 29 heavy (non-hydrogen) atoms. The molecular weight excluding hydrogens is 368 g/mol. The summed E-state index contributed by atoms with van der Waals surface area (Å²) in [4.78, 5) is 7.25. The van der Waals surface area contributed by atoms with Crippen LogP contribution in [0.1, 0.15) is 42.9 Å². The first-order chi connectivity index (χ1) is 14.2. The molecule has 0 aliphatic carbocycles. The minimum atomic E-state index is 0.209. The first kappa shape index (κ1) is 19.6. The normalized spacial score (nSPS) is 17.5. The van der Waals surface area contributed by atoms with E-state index in [4.69, 9.17) is 18.9 Å². The number of rotatable bonds is 7. The van der Waals surface area contributed by atoms with E-state index in [0.717, 1.165) is 60.7 Å². The van der Waals surface area contributed by atoms with Gasteiger partial charge >= 0.3 is 0 Å². The number of likely N-dealkylation sites (tertiary alicyclic amines) is 1. The Morgan fingerprint density at radius 2 is 1.93 bits per heavy atom. The van der Waals surface area contributed by atoms with Crippen LogP contribution in [0.3, 0.4) is 0 Å². The number of furan rings is 1. The second-order valence-corrected chi connectivity index (χ2v) is 7.47. The molecule has 1 saturated heterocycles. The summed E-state index contributed by atoms with van der Waals surface area (Å²) in [6.07, 6.45) is 2.49. The number of hydrogen-bond donors (Lipinski definition) is 2. The van der Waals surface area contributed by atoms with Crippen LogP contribution in [0, 0.1) is 6.92 Å². The van der Waals surface area contributed by atoms with E-state index < -0.39 is 0 Å². The van der Waals surface area contributed by atoms with Crippen LogP contribution in [-0.2, 0) is 6.54 Å². The molecule has 1 atom stereocenters. The number of fused-ring (bicyclic) bond motifs is 1. The van der Waals surface area contributed by atoms with Crippen molar-refractivity contribution >= 4 is 5.96 Å². The molecule has 1 aromatic heterocycles. The Labute approximate surface area is 172 Å². The summed E-state index contributed by atoms with van der Waals surface area (Å²) in [5, 5.41) is 6.85. The van der Waals surface area contributed by atoms with Crippen LogP contribution >= 0.6 is 0 Å². The first-order valence-electron chi connectivity index (χ1n) is 10.4. The lowest BCUT2D eigenvalue weighted by Gasteiger charge is -2.26. The van der Waals surface area contributed by atoms with Gasteiger partial charge in [0.2, 0.25) is 6.79 Å². The van der Waals surface area contributed by atoms with Crippen molar-refractivity contribution in [3.05, 3.63) is 47.4 Å². The predicted octanol–water partition coefficient (Wildman–Crippen LogP) is 3.21. The van der Waals surface area contributed by atoms with Crippen LogP contribution in [0.25, 0.3) is 0 Å². The van der Waals surface area contributed by atoms with Gasteiger partial charge in [-0.1, -0.05) is 6.07 Å². The summed E-state index contributed by atoms with van der Waals surface area (Å²) in [6.45, 7) is 8.70. The summed E-state index contributed by atoms with van der Waals surface area (Å²) in [5.74, 6) is 4.36. The van der Waals surface area contributed by atoms with E-state index in [1.807, 2.05) is 31.2 Å². The van der Waals surface area contributed by atoms with Gasteiger partial charge in [-0.25, -0.2) is 4.99 Å². The van der Waals surface area contributed by atoms with Gasteiger partial charge in [0.1, 0.15) is 11.5 Å². The van der Waals surface area contributed by atoms with Crippen molar-refractivity contribution in [2.45, 2.75) is 39.3 Å². The van der Waals surface area contributed by atoms with Crippen molar-refractivity contribution in [1.29, 1.82) is 0 Å². The van der Waals surface area contributed by atoms with Crippen molar-refractivity contribution < 1.29 is 13.9 Å². The molecule has 2 aliphatic rings. The van der Waals surface area contributed by atoms with E-state index in [2.05, 4.69) is 28.5 Å². The maximum atomic E-state index is 5.95. The summed E-state index contributed by atoms with van der Waals surface area (Å²) >= 11 is 0. The molecule has 2 aromatic rings. The van der Waals surface area contributed by atoms with Gasteiger partial charge in [-0.05, 0) is 69.6 Å². The Kier molecular flexibility index (Phi) is 6.24. The third-order valence-corrected chi connectivity index (χ3v) is 5.33. The molecule has 2 N–H and O–H groups in total. The van der Waals surface area contributed by atoms with E-state index in [0.29, 0.717) is 6.54 Å². The molecule has 1 unspecified atom stereocenters. The fraction of sp³-hybridized carbons (Fsp3) is 0.500. The average Bonchev–Trinajstić information content (AvgIpc) is 3.48. The molecule has 0 spiro atoms. The van der Waals surface area contributed by atoms with Crippen LogP contribution in [0.5, 0.6) is 11.5 Å². The molecule has 0 amide bonds. The maximum Gasteiger partial charge on any atom is 0.231 e. The largest absolute Gasteiger partial charge is 0.465 e. The van der Waals surface area contributed by atoms with Crippen molar-refractivity contribution in [3.8, 4) is 11.5 Å². The standard InChI is InChI=1S/C22H30N4O3/c1-3-23-22(24-13-17-7-9-20-21(12-17)28-15-27-20)25-14-18(26-10-4-5-11-26)19-8-6-16(2)29-19/h6-9,12,18H,3-5,10-11,13-15H2,1-2H3,(H2,23,24,25). The summed E-state index contributed by atoms with van der Waals surface area (Å²) in [7, 11) is 0. The highest BCUT2D eigenvalue weighted by Crippen LogP contribution is 2.32. The lowest BCUT2D eigenvalue weighted by molar-refractivity contribution is 0.174. The number of aliphatic imine (C=N–C) groups is 1. The Morgan fingerprint density at radius 3 is 2.69 bits per heavy atom. The van der Waals surface area contributed by atoms with Crippen molar-refractivity contribution in [2.24, 2.45) is 4.99 Å². The van der Waals surface area contributed by atoms with Crippen LogP contribution in [-0.4, -0.2) is 43.8 Å². The number of hydrogen-bond acceptors (Lipinski definition) is 5. The smallest absolute Gasteiger partial charge is 0.231 e. The maximum absolute atomic E-state index is 5.95. The third kappa shape index (κ3) is 4.85. The first-order valence-corrected chi connectivity index (χ1v) is 10.4. The number of ether oxygens (including phenoxy) is 2. The zero-order valence-electron chi connectivity index (χ0n) is 17.2. The SMILES string of the molecule is CCNC(=NCc1ccc2c(c1)OCO2)NCC(c1ccc(C)o1)N1CCCC1. The number of guanidine groups is 1. The lowest BCUT2D eigenvalue weighted by Crippen LogP contribution is -2.42. The van der Waals surface area contributed by atoms with Gasteiger partial charge in [-0.15, -0.1) is 0 Å². The Hall–Kier alpha value is -2.67. The van der Waals surface area contributed by atoms with Gasteiger partial charge in [0.25, 0.3) is 0 Å². The Bertz CT molecular complexity index is 842. The zero-order valence-corrected chi connectivity index (χ0v) is 17.2. The second-order valence-electron chi connectivity index (χ2n) is 7.47. The van der Waals surface area contributed by atoms with Crippen LogP contribution in [0.15, 0.2) is 39.7 Å². The van der Waals surface area contributed by atoms with Gasteiger partial charge in [0.05, 0.1) is 12.6 Å². The number of benzene rings is 1. The van der Waals surface area contributed by atoms with Crippen molar-refractivity contribution in [3.63, 3.8) is 0 Å². The average molecular weight is 399 g/mol. The molecule has 156 valence electrons. The molecule has 2 aliphatic heterocycles. The predicted molar refractivity (Wildman–Crippen MR) is 112 cm³/mol. The Balaban J connectivity index is 1.42. The van der Waals surface area contributed by atoms with Gasteiger partial charge in [0.15, 0.2) is 17.5 Å². The molecule has 7 nitrogen and oxygen atoms in total. The van der Waals surface area contributed by atoms with E-state index in [1.54, 1.807) is 0 Å². The van der Waals surface area contributed by atoms with Gasteiger partial charge in [0, 0.05) is 13.1 Å². The highest BCUT2D eigenvalue weighted by Gasteiger charge is 2.26. The fourth-order valence-electron chi connectivity index (χ4n) is 3.84. The number of nitrogens with one attached hydrogen (secondary N) is 2. The van der Waals surface area contributed by atoms with Crippen molar-refractivity contribution in [1.82, 2.24) is 15.5 Å². The lowest BCUT2D eigenvalue weighted by atomic mass is 10.2. The molecule has 0 radical (unpaired) electrons. The van der Waals surface area contributed by atoms with Crippen LogP contribution in [0.2, 0.25) is 0 Å². The van der Waals surface area contributed by atoms with E-state index in [1.165, 1.54) is 12.8 Å². The van der Waals surface area contributed by atoms with E-state index in [9.17, 15) is 0 Å².